The maximum Gasteiger partial charge on any atom is 0.302 e. The van der Waals surface area contributed by atoms with Gasteiger partial charge < -0.3 is 19.9 Å². The molecular weight excluding hydrogens is 198 g/mol. The number of hydrogen-bond acceptors (Lipinski definition) is 5. The van der Waals surface area contributed by atoms with E-state index in [4.69, 9.17) is 19.9 Å². The molecule has 0 aromatic heterocycles. The number of methoxy groups -OCH3 is 1. The van der Waals surface area contributed by atoms with E-state index in [0.717, 1.165) is 19.3 Å². The lowest BCUT2D eigenvalue weighted by Gasteiger charge is -2.34. The molecule has 2 N–H and O–H groups in total. The van der Waals surface area contributed by atoms with Gasteiger partial charge in [-0.2, -0.15) is 0 Å². The lowest BCUT2D eigenvalue weighted by atomic mass is 9.90. The van der Waals surface area contributed by atoms with Crippen LogP contribution < -0.4 is 5.73 Å². The fraction of sp³-hybridized carbons (Fsp3) is 0.900. The minimum Gasteiger partial charge on any atom is -0.460 e. The summed E-state index contributed by atoms with van der Waals surface area (Å²) in [6.07, 6.45) is 2.18. The Morgan fingerprint density at radius 1 is 1.47 bits per heavy atom. The van der Waals surface area contributed by atoms with Crippen LogP contribution >= 0.6 is 0 Å². The summed E-state index contributed by atoms with van der Waals surface area (Å²) < 4.78 is 15.4. The summed E-state index contributed by atoms with van der Waals surface area (Å²) in [5, 5.41) is 0. The van der Waals surface area contributed by atoms with Crippen LogP contribution in [-0.4, -0.2) is 38.1 Å². The van der Waals surface area contributed by atoms with E-state index in [9.17, 15) is 4.79 Å². The highest BCUT2D eigenvalue weighted by atomic mass is 16.7. The number of hydrogen-bond donors (Lipinski definition) is 1. The molecule has 0 aliphatic heterocycles. The minimum absolute atomic E-state index is 0.0850. The van der Waals surface area contributed by atoms with Crippen molar-refractivity contribution in [1.82, 2.24) is 0 Å². The van der Waals surface area contributed by atoms with E-state index in [1.165, 1.54) is 6.92 Å². The summed E-state index contributed by atoms with van der Waals surface area (Å²) in [4.78, 5) is 10.9. The summed E-state index contributed by atoms with van der Waals surface area (Å²) in [7, 11) is 1.55. The molecule has 0 amide bonds. The van der Waals surface area contributed by atoms with Gasteiger partial charge in [0.05, 0.1) is 0 Å². The molecule has 3 unspecified atom stereocenters. The zero-order valence-electron chi connectivity index (χ0n) is 9.27. The van der Waals surface area contributed by atoms with Crippen LogP contribution in [0.1, 0.15) is 26.2 Å². The Morgan fingerprint density at radius 3 is 2.80 bits per heavy atom. The summed E-state index contributed by atoms with van der Waals surface area (Å²) >= 11 is 0. The van der Waals surface area contributed by atoms with Gasteiger partial charge in [0.2, 0.25) is 0 Å². The maximum atomic E-state index is 10.9. The standard InChI is InChI=1S/C10H19NO4/c1-7(12)15-9-5-3-4-8(11)10(9)14-6-13-2/h8-10H,3-6,11H2,1-2H3. The average Bonchev–Trinajstić information content (AvgIpc) is 2.16. The average molecular weight is 217 g/mol. The van der Waals surface area contributed by atoms with Gasteiger partial charge in [0.25, 0.3) is 0 Å². The van der Waals surface area contributed by atoms with Crippen molar-refractivity contribution in [3.8, 4) is 0 Å². The van der Waals surface area contributed by atoms with E-state index in [-0.39, 0.29) is 31.0 Å². The van der Waals surface area contributed by atoms with E-state index in [1.807, 2.05) is 0 Å². The van der Waals surface area contributed by atoms with Crippen LogP contribution in [-0.2, 0) is 19.0 Å². The molecular formula is C10H19NO4. The van der Waals surface area contributed by atoms with Crippen LogP contribution in [0, 0.1) is 0 Å². The first-order valence-electron chi connectivity index (χ1n) is 5.18. The van der Waals surface area contributed by atoms with Crippen LogP contribution in [0.25, 0.3) is 0 Å². The van der Waals surface area contributed by atoms with E-state index in [1.54, 1.807) is 7.11 Å². The highest BCUT2D eigenvalue weighted by molar-refractivity contribution is 5.66. The maximum absolute atomic E-state index is 10.9. The summed E-state index contributed by atoms with van der Waals surface area (Å²) in [5.74, 6) is -0.292. The summed E-state index contributed by atoms with van der Waals surface area (Å²) in [5.41, 5.74) is 5.91. The first-order valence-corrected chi connectivity index (χ1v) is 5.18. The lowest BCUT2D eigenvalue weighted by molar-refractivity contribution is -0.170. The molecule has 1 aliphatic carbocycles. The third kappa shape index (κ3) is 3.77. The number of carbonyl (C=O) groups excluding carboxylic acids is 1. The van der Waals surface area contributed by atoms with Gasteiger partial charge in [0, 0.05) is 20.1 Å². The molecule has 5 heteroatoms. The highest BCUT2D eigenvalue weighted by Crippen LogP contribution is 2.23. The number of carbonyl (C=O) groups is 1. The predicted octanol–water partition coefficient (Wildman–Crippen LogP) is 0.418. The van der Waals surface area contributed by atoms with E-state index in [2.05, 4.69) is 0 Å². The van der Waals surface area contributed by atoms with Gasteiger partial charge in [-0.05, 0) is 19.3 Å². The molecule has 1 saturated carbocycles. The molecule has 88 valence electrons. The van der Waals surface area contributed by atoms with Crippen molar-refractivity contribution in [3.05, 3.63) is 0 Å². The Bertz CT molecular complexity index is 210. The van der Waals surface area contributed by atoms with E-state index in [0.29, 0.717) is 0 Å². The van der Waals surface area contributed by atoms with Crippen molar-refractivity contribution in [2.24, 2.45) is 5.73 Å². The van der Waals surface area contributed by atoms with Gasteiger partial charge >= 0.3 is 5.97 Å². The van der Waals surface area contributed by atoms with Crippen molar-refractivity contribution < 1.29 is 19.0 Å². The Kier molecular flexibility index (Phi) is 5.01. The second-order valence-electron chi connectivity index (χ2n) is 3.78. The lowest BCUT2D eigenvalue weighted by Crippen LogP contribution is -2.49. The monoisotopic (exact) mass is 217 g/mol. The van der Waals surface area contributed by atoms with Crippen molar-refractivity contribution in [3.63, 3.8) is 0 Å². The van der Waals surface area contributed by atoms with Gasteiger partial charge in [0.15, 0.2) is 0 Å². The van der Waals surface area contributed by atoms with Gasteiger partial charge in [-0.1, -0.05) is 0 Å². The molecule has 1 aliphatic rings. The summed E-state index contributed by atoms with van der Waals surface area (Å²) in [6.45, 7) is 1.57. The number of ether oxygens (including phenoxy) is 3. The fourth-order valence-corrected chi connectivity index (χ4v) is 1.88. The molecule has 1 rings (SSSR count). The molecule has 0 heterocycles. The van der Waals surface area contributed by atoms with Gasteiger partial charge in [-0.15, -0.1) is 0 Å². The number of rotatable bonds is 4. The molecule has 0 bridgehead atoms. The van der Waals surface area contributed by atoms with Crippen LogP contribution in [0.15, 0.2) is 0 Å². The largest absolute Gasteiger partial charge is 0.460 e. The zero-order valence-corrected chi connectivity index (χ0v) is 9.27. The normalized spacial score (nSPS) is 31.3. The van der Waals surface area contributed by atoms with E-state index >= 15 is 0 Å². The van der Waals surface area contributed by atoms with Crippen molar-refractivity contribution in [2.75, 3.05) is 13.9 Å². The molecule has 0 saturated heterocycles. The topological polar surface area (TPSA) is 70.8 Å². The molecule has 3 atom stereocenters. The zero-order chi connectivity index (χ0) is 11.3. The molecule has 0 radical (unpaired) electrons. The number of esters is 1. The molecule has 0 aromatic carbocycles. The third-order valence-electron chi connectivity index (χ3n) is 2.51. The van der Waals surface area contributed by atoms with Crippen molar-refractivity contribution >= 4 is 5.97 Å². The Hall–Kier alpha value is -0.650. The molecule has 0 spiro atoms. The first kappa shape index (κ1) is 12.4. The third-order valence-corrected chi connectivity index (χ3v) is 2.51. The Labute approximate surface area is 89.9 Å². The van der Waals surface area contributed by atoms with E-state index < -0.39 is 0 Å². The Morgan fingerprint density at radius 2 is 2.20 bits per heavy atom. The molecule has 15 heavy (non-hydrogen) atoms. The molecule has 1 fully saturated rings. The van der Waals surface area contributed by atoms with Crippen molar-refractivity contribution in [2.45, 2.75) is 44.4 Å². The predicted molar refractivity (Wildman–Crippen MR) is 54.1 cm³/mol. The minimum atomic E-state index is -0.292. The Balaban J connectivity index is 2.51. The van der Waals surface area contributed by atoms with Gasteiger partial charge in [-0.25, -0.2) is 0 Å². The molecule has 5 nitrogen and oxygen atoms in total. The van der Waals surface area contributed by atoms with Crippen LogP contribution in [0.3, 0.4) is 0 Å². The second kappa shape index (κ2) is 6.05. The van der Waals surface area contributed by atoms with Crippen LogP contribution in [0.4, 0.5) is 0 Å². The van der Waals surface area contributed by atoms with Gasteiger partial charge in [-0.3, -0.25) is 4.79 Å². The quantitative estimate of drug-likeness (QED) is 0.546. The van der Waals surface area contributed by atoms with Crippen molar-refractivity contribution in [1.29, 1.82) is 0 Å². The second-order valence-corrected chi connectivity index (χ2v) is 3.78. The highest BCUT2D eigenvalue weighted by Gasteiger charge is 2.34. The smallest absolute Gasteiger partial charge is 0.302 e. The first-order chi connectivity index (χ1) is 7.15. The SMILES string of the molecule is COCOC1C(N)CCCC1OC(C)=O. The summed E-state index contributed by atoms with van der Waals surface area (Å²) in [6, 6.07) is -0.0850. The molecule has 0 aromatic rings. The van der Waals surface area contributed by atoms with Crippen LogP contribution in [0.2, 0.25) is 0 Å². The van der Waals surface area contributed by atoms with Crippen LogP contribution in [0.5, 0.6) is 0 Å². The van der Waals surface area contributed by atoms with Gasteiger partial charge in [0.1, 0.15) is 19.0 Å². The fourth-order valence-electron chi connectivity index (χ4n) is 1.88. The number of nitrogens with two attached hydrogens (primary N) is 1.